The summed E-state index contributed by atoms with van der Waals surface area (Å²) in [6, 6.07) is 1.34. The fraction of sp³-hybridized carbons (Fsp3) is 0.625. The highest BCUT2D eigenvalue weighted by molar-refractivity contribution is 5.95. The van der Waals surface area contributed by atoms with Crippen LogP contribution in [0.15, 0.2) is 16.7 Å². The minimum absolute atomic E-state index is 0.0163. The molecule has 0 saturated heterocycles. The molecule has 0 radical (unpaired) electrons. The van der Waals surface area contributed by atoms with Crippen LogP contribution in [-0.2, 0) is 4.74 Å². The number of carbonyl (C=O) groups is 2. The Bertz CT molecular complexity index is 561. The monoisotopic (exact) mass is 309 g/mol. The zero-order valence-electron chi connectivity index (χ0n) is 13.5. The molecule has 122 valence electrons. The molecule has 22 heavy (non-hydrogen) atoms. The second-order valence-electron chi connectivity index (χ2n) is 5.84. The fourth-order valence-electron chi connectivity index (χ4n) is 3.65. The Kier molecular flexibility index (Phi) is 4.60. The lowest BCUT2D eigenvalue weighted by molar-refractivity contribution is -0.147. The van der Waals surface area contributed by atoms with Gasteiger partial charge in [0.1, 0.15) is 6.26 Å². The Labute approximate surface area is 130 Å². The molecule has 6 nitrogen and oxygen atoms in total. The van der Waals surface area contributed by atoms with Crippen LogP contribution in [0.1, 0.15) is 54.0 Å². The predicted molar refractivity (Wildman–Crippen MR) is 80.0 cm³/mol. The lowest BCUT2D eigenvalue weighted by atomic mass is 9.58. The lowest BCUT2D eigenvalue weighted by Crippen LogP contribution is -2.64. The van der Waals surface area contributed by atoms with E-state index in [0.717, 1.165) is 25.5 Å². The number of aromatic carboxylic acids is 1. The van der Waals surface area contributed by atoms with Crippen LogP contribution < -0.4 is 0 Å². The van der Waals surface area contributed by atoms with Crippen LogP contribution in [0.3, 0.4) is 0 Å². The number of nitrogens with zero attached hydrogens (tertiary/aromatic N) is 1. The van der Waals surface area contributed by atoms with Gasteiger partial charge in [-0.1, -0.05) is 13.8 Å². The molecule has 0 spiro atoms. The van der Waals surface area contributed by atoms with Crippen molar-refractivity contribution in [3.8, 4) is 0 Å². The summed E-state index contributed by atoms with van der Waals surface area (Å²) in [7, 11) is 3.44. The molecule has 1 aliphatic carbocycles. The van der Waals surface area contributed by atoms with Crippen molar-refractivity contribution in [3.63, 3.8) is 0 Å². The Morgan fingerprint density at radius 1 is 1.45 bits per heavy atom. The van der Waals surface area contributed by atoms with Gasteiger partial charge in [-0.15, -0.1) is 0 Å². The largest absolute Gasteiger partial charge is 0.478 e. The molecule has 1 saturated carbocycles. The van der Waals surface area contributed by atoms with E-state index in [9.17, 15) is 9.59 Å². The van der Waals surface area contributed by atoms with Gasteiger partial charge in [0.2, 0.25) is 0 Å². The average Bonchev–Trinajstić information content (AvgIpc) is 2.97. The zero-order valence-corrected chi connectivity index (χ0v) is 13.5. The third kappa shape index (κ3) is 2.41. The summed E-state index contributed by atoms with van der Waals surface area (Å²) < 4.78 is 10.7. The van der Waals surface area contributed by atoms with E-state index >= 15 is 0 Å². The Balaban J connectivity index is 2.18. The van der Waals surface area contributed by atoms with E-state index in [-0.39, 0.29) is 34.8 Å². The van der Waals surface area contributed by atoms with Crippen LogP contribution >= 0.6 is 0 Å². The molecule has 1 aromatic rings. The molecular weight excluding hydrogens is 286 g/mol. The Morgan fingerprint density at radius 2 is 2.09 bits per heavy atom. The average molecular weight is 309 g/mol. The van der Waals surface area contributed by atoms with Gasteiger partial charge in [-0.3, -0.25) is 4.79 Å². The smallest absolute Gasteiger partial charge is 0.338 e. The van der Waals surface area contributed by atoms with E-state index in [2.05, 4.69) is 13.8 Å². The minimum atomic E-state index is -1.11. The molecule has 1 aliphatic rings. The second-order valence-corrected chi connectivity index (χ2v) is 5.84. The normalized spacial score (nSPS) is 22.9. The van der Waals surface area contributed by atoms with E-state index in [1.165, 1.54) is 6.07 Å². The maximum Gasteiger partial charge on any atom is 0.338 e. The van der Waals surface area contributed by atoms with E-state index < -0.39 is 5.97 Å². The van der Waals surface area contributed by atoms with Crippen LogP contribution in [0.4, 0.5) is 0 Å². The SMILES string of the molecule is CCC1(CC)C(OC)CC1N(C)C(=O)c1cc(C(=O)O)co1. The first-order valence-electron chi connectivity index (χ1n) is 7.53. The van der Waals surface area contributed by atoms with Crippen molar-refractivity contribution in [2.75, 3.05) is 14.2 Å². The van der Waals surface area contributed by atoms with Gasteiger partial charge in [-0.2, -0.15) is 0 Å². The van der Waals surface area contributed by atoms with E-state index in [1.807, 2.05) is 0 Å². The molecule has 0 bridgehead atoms. The number of hydrogen-bond donors (Lipinski definition) is 1. The van der Waals surface area contributed by atoms with Crippen molar-refractivity contribution in [2.24, 2.45) is 5.41 Å². The maximum atomic E-state index is 12.5. The van der Waals surface area contributed by atoms with Crippen molar-refractivity contribution in [3.05, 3.63) is 23.7 Å². The standard InChI is InChI=1S/C16H23NO5/c1-5-16(6-2)12(8-13(16)21-4)17(3)14(18)11-7-10(9-22-11)15(19)20/h7,9,12-13H,5-6,8H2,1-4H3,(H,19,20). The summed E-state index contributed by atoms with van der Waals surface area (Å²) in [6.45, 7) is 4.21. The van der Waals surface area contributed by atoms with Crippen LogP contribution in [0.25, 0.3) is 0 Å². The molecule has 2 unspecified atom stereocenters. The van der Waals surface area contributed by atoms with Crippen LogP contribution in [0.5, 0.6) is 0 Å². The Hall–Kier alpha value is -1.82. The van der Waals surface area contributed by atoms with E-state index in [4.69, 9.17) is 14.3 Å². The number of methoxy groups -OCH3 is 1. The summed E-state index contributed by atoms with van der Waals surface area (Å²) in [4.78, 5) is 25.1. The first-order chi connectivity index (χ1) is 10.4. The highest BCUT2D eigenvalue weighted by Gasteiger charge is 2.55. The quantitative estimate of drug-likeness (QED) is 0.873. The van der Waals surface area contributed by atoms with E-state index in [0.29, 0.717) is 0 Å². The number of amides is 1. The molecule has 1 heterocycles. The molecule has 0 aliphatic heterocycles. The van der Waals surface area contributed by atoms with Gasteiger partial charge in [0.25, 0.3) is 5.91 Å². The van der Waals surface area contributed by atoms with Gasteiger partial charge in [-0.25, -0.2) is 4.79 Å². The van der Waals surface area contributed by atoms with Crippen molar-refractivity contribution in [2.45, 2.75) is 45.3 Å². The number of furan rings is 1. The van der Waals surface area contributed by atoms with Crippen molar-refractivity contribution in [1.82, 2.24) is 4.90 Å². The second kappa shape index (κ2) is 6.12. The lowest BCUT2D eigenvalue weighted by Gasteiger charge is -2.57. The first-order valence-corrected chi connectivity index (χ1v) is 7.53. The summed E-state index contributed by atoms with van der Waals surface area (Å²) in [5.74, 6) is -1.34. The van der Waals surface area contributed by atoms with E-state index in [1.54, 1.807) is 19.1 Å². The fourth-order valence-corrected chi connectivity index (χ4v) is 3.65. The number of rotatable bonds is 6. The molecular formula is C16H23NO5. The van der Waals surface area contributed by atoms with Crippen molar-refractivity contribution in [1.29, 1.82) is 0 Å². The molecule has 1 aromatic heterocycles. The third-order valence-electron chi connectivity index (χ3n) is 5.19. The van der Waals surface area contributed by atoms with Gasteiger partial charge in [-0.05, 0) is 19.3 Å². The van der Waals surface area contributed by atoms with Gasteiger partial charge < -0.3 is 19.2 Å². The maximum absolute atomic E-state index is 12.5. The van der Waals surface area contributed by atoms with Crippen molar-refractivity contribution < 1.29 is 23.8 Å². The summed E-state index contributed by atoms with van der Waals surface area (Å²) in [5, 5.41) is 8.91. The molecule has 0 aromatic carbocycles. The topological polar surface area (TPSA) is 80.0 Å². The molecule has 2 atom stereocenters. The zero-order chi connectivity index (χ0) is 16.5. The highest BCUT2D eigenvalue weighted by Crippen LogP contribution is 2.51. The van der Waals surface area contributed by atoms with Gasteiger partial charge in [0.15, 0.2) is 5.76 Å². The summed E-state index contributed by atoms with van der Waals surface area (Å²) in [5.41, 5.74) is -0.0705. The van der Waals surface area contributed by atoms with Crippen LogP contribution in [0, 0.1) is 5.41 Å². The minimum Gasteiger partial charge on any atom is -0.478 e. The number of carbonyl (C=O) groups excluding carboxylic acids is 1. The van der Waals surface area contributed by atoms with Crippen LogP contribution in [-0.4, -0.2) is 48.2 Å². The molecule has 6 heteroatoms. The summed E-state index contributed by atoms with van der Waals surface area (Å²) >= 11 is 0. The van der Waals surface area contributed by atoms with Crippen molar-refractivity contribution >= 4 is 11.9 Å². The molecule has 1 fully saturated rings. The number of carboxylic acids is 1. The summed E-state index contributed by atoms with van der Waals surface area (Å²) in [6.07, 6.45) is 3.86. The van der Waals surface area contributed by atoms with Crippen LogP contribution in [0.2, 0.25) is 0 Å². The molecule has 2 rings (SSSR count). The number of ether oxygens (including phenoxy) is 1. The molecule has 1 N–H and O–H groups in total. The highest BCUT2D eigenvalue weighted by atomic mass is 16.5. The number of hydrogen-bond acceptors (Lipinski definition) is 4. The third-order valence-corrected chi connectivity index (χ3v) is 5.19. The number of carboxylic acid groups (broad SMARTS) is 1. The first kappa shape index (κ1) is 16.5. The predicted octanol–water partition coefficient (Wildman–Crippen LogP) is 2.64. The Morgan fingerprint density at radius 3 is 2.55 bits per heavy atom. The van der Waals surface area contributed by atoms with Gasteiger partial charge in [0, 0.05) is 31.7 Å². The molecule has 1 amide bonds. The van der Waals surface area contributed by atoms with Gasteiger partial charge in [0.05, 0.1) is 11.7 Å². The van der Waals surface area contributed by atoms with Gasteiger partial charge >= 0.3 is 5.97 Å².